The minimum absolute atomic E-state index is 0.579. The van der Waals surface area contributed by atoms with Gasteiger partial charge in [-0.15, -0.1) is 11.3 Å². The summed E-state index contributed by atoms with van der Waals surface area (Å²) >= 11 is 1.72. The summed E-state index contributed by atoms with van der Waals surface area (Å²) < 4.78 is 8.81. The van der Waals surface area contributed by atoms with Crippen molar-refractivity contribution in [2.24, 2.45) is 0 Å². The summed E-state index contributed by atoms with van der Waals surface area (Å²) in [6.07, 6.45) is 0. The molecule has 0 fully saturated rings. The molecule has 234 valence electrons. The third kappa shape index (κ3) is 4.75. The Labute approximate surface area is 290 Å². The van der Waals surface area contributed by atoms with Crippen LogP contribution in [0.15, 0.2) is 156 Å². The third-order valence-corrected chi connectivity index (χ3v) is 10.1. The molecule has 0 saturated heterocycles. The molecule has 0 N–H and O–H groups in total. The largest absolute Gasteiger partial charge is 0.456 e. The van der Waals surface area contributed by atoms with Crippen LogP contribution < -0.4 is 0 Å². The van der Waals surface area contributed by atoms with Crippen molar-refractivity contribution >= 4 is 53.6 Å². The number of fused-ring (bicyclic) bond motifs is 6. The third-order valence-electron chi connectivity index (χ3n) is 8.96. The Bertz CT molecular complexity index is 2810. The van der Waals surface area contributed by atoms with Crippen molar-refractivity contribution in [2.45, 2.75) is 0 Å². The molecule has 0 aliphatic carbocycles. The van der Waals surface area contributed by atoms with Gasteiger partial charge in [-0.3, -0.25) is 0 Å². The lowest BCUT2D eigenvalue weighted by molar-refractivity contribution is 0.669. The zero-order valence-electron chi connectivity index (χ0n) is 26.5. The smallest absolute Gasteiger partial charge is 0.164 e. The molecule has 0 spiro atoms. The lowest BCUT2D eigenvalue weighted by Gasteiger charge is -2.09. The van der Waals surface area contributed by atoms with E-state index in [4.69, 9.17) is 29.3 Å². The van der Waals surface area contributed by atoms with Crippen molar-refractivity contribution in [1.82, 2.24) is 24.9 Å². The fourth-order valence-corrected chi connectivity index (χ4v) is 7.74. The molecule has 50 heavy (non-hydrogen) atoms. The van der Waals surface area contributed by atoms with Gasteiger partial charge in [0.15, 0.2) is 23.3 Å². The van der Waals surface area contributed by atoms with Gasteiger partial charge in [-0.25, -0.2) is 24.9 Å². The summed E-state index contributed by atoms with van der Waals surface area (Å²) in [4.78, 5) is 25.1. The van der Waals surface area contributed by atoms with Gasteiger partial charge in [0, 0.05) is 48.7 Å². The number of benzene rings is 6. The molecule has 0 atom stereocenters. The fourth-order valence-electron chi connectivity index (χ4n) is 6.59. The van der Waals surface area contributed by atoms with Crippen molar-refractivity contribution in [3.8, 4) is 56.8 Å². The maximum atomic E-state index is 6.58. The van der Waals surface area contributed by atoms with Gasteiger partial charge in [0.25, 0.3) is 0 Å². The van der Waals surface area contributed by atoms with Crippen molar-refractivity contribution in [2.75, 3.05) is 0 Å². The Balaban J connectivity index is 1.18. The minimum atomic E-state index is 0.579. The molecular weight excluding hydrogens is 635 g/mol. The van der Waals surface area contributed by atoms with Crippen LogP contribution in [0.5, 0.6) is 0 Å². The maximum absolute atomic E-state index is 6.58. The zero-order valence-corrected chi connectivity index (χ0v) is 27.3. The predicted octanol–water partition coefficient (Wildman–Crippen LogP) is 11.3. The lowest BCUT2D eigenvalue weighted by atomic mass is 10.0. The van der Waals surface area contributed by atoms with Gasteiger partial charge < -0.3 is 4.42 Å². The van der Waals surface area contributed by atoms with Gasteiger partial charge >= 0.3 is 0 Å². The molecular formula is C43H25N5OS. The van der Waals surface area contributed by atoms with E-state index >= 15 is 0 Å². The summed E-state index contributed by atoms with van der Waals surface area (Å²) in [7, 11) is 0. The molecule has 0 unspecified atom stereocenters. The molecule has 0 saturated carbocycles. The van der Waals surface area contributed by atoms with Crippen molar-refractivity contribution < 1.29 is 4.42 Å². The van der Waals surface area contributed by atoms with E-state index in [1.54, 1.807) is 11.3 Å². The highest BCUT2D eigenvalue weighted by atomic mass is 32.1. The highest BCUT2D eigenvalue weighted by Crippen LogP contribution is 2.43. The molecule has 0 aliphatic heterocycles. The summed E-state index contributed by atoms with van der Waals surface area (Å²) in [6.45, 7) is 0. The van der Waals surface area contributed by atoms with Crippen LogP contribution in [0.25, 0.3) is 99.1 Å². The number of furan rings is 1. The normalized spacial score (nSPS) is 11.6. The van der Waals surface area contributed by atoms with Gasteiger partial charge in [-0.2, -0.15) is 0 Å². The number of hydrogen-bond donors (Lipinski definition) is 0. The summed E-state index contributed by atoms with van der Waals surface area (Å²) in [5, 5.41) is 3.13. The zero-order chi connectivity index (χ0) is 33.0. The van der Waals surface area contributed by atoms with Crippen LogP contribution in [0, 0.1) is 0 Å². The monoisotopic (exact) mass is 659 g/mol. The molecule has 0 bridgehead atoms. The summed E-state index contributed by atoms with van der Waals surface area (Å²) in [5.74, 6) is 2.51. The Morgan fingerprint density at radius 1 is 0.420 bits per heavy atom. The average molecular weight is 660 g/mol. The second-order valence-electron chi connectivity index (χ2n) is 12.1. The molecule has 0 amide bonds. The summed E-state index contributed by atoms with van der Waals surface area (Å²) in [5.41, 5.74) is 8.06. The molecule has 6 aromatic carbocycles. The van der Waals surface area contributed by atoms with Gasteiger partial charge in [0.1, 0.15) is 11.2 Å². The van der Waals surface area contributed by atoms with Gasteiger partial charge in [-0.1, -0.05) is 127 Å². The quantitative estimate of drug-likeness (QED) is 0.183. The van der Waals surface area contributed by atoms with E-state index in [0.717, 1.165) is 71.1 Å². The molecule has 4 heterocycles. The van der Waals surface area contributed by atoms with Crippen LogP contribution >= 0.6 is 11.3 Å². The molecule has 4 aromatic heterocycles. The highest BCUT2D eigenvalue weighted by molar-refractivity contribution is 7.26. The SMILES string of the molecule is c1ccc(-c2nc(-c3ccccc3)nc(-c3ccc4c(c3)oc3cccc(-c5nc(-c6ccccc6)nc6c5sc5ccccc56)c34)n2)cc1. The number of thiophene rings is 1. The van der Waals surface area contributed by atoms with Crippen LogP contribution in [-0.4, -0.2) is 24.9 Å². The van der Waals surface area contributed by atoms with Crippen LogP contribution in [0.1, 0.15) is 0 Å². The minimum Gasteiger partial charge on any atom is -0.456 e. The van der Waals surface area contributed by atoms with E-state index in [2.05, 4.69) is 54.6 Å². The Hall–Kier alpha value is -6.57. The van der Waals surface area contributed by atoms with Crippen molar-refractivity contribution in [1.29, 1.82) is 0 Å². The first-order chi connectivity index (χ1) is 24.8. The number of nitrogens with zero attached hydrogens (tertiary/aromatic N) is 5. The molecule has 0 radical (unpaired) electrons. The van der Waals surface area contributed by atoms with Gasteiger partial charge in [0.2, 0.25) is 0 Å². The van der Waals surface area contributed by atoms with Crippen LogP contribution in [-0.2, 0) is 0 Å². The molecule has 0 aliphatic rings. The van der Waals surface area contributed by atoms with E-state index in [0.29, 0.717) is 23.3 Å². The highest BCUT2D eigenvalue weighted by Gasteiger charge is 2.21. The van der Waals surface area contributed by atoms with Crippen LogP contribution in [0.3, 0.4) is 0 Å². The number of aromatic nitrogens is 5. The first kappa shape index (κ1) is 28.4. The summed E-state index contributed by atoms with van der Waals surface area (Å²) in [6, 6.07) is 51.0. The molecule has 7 heteroatoms. The molecule has 6 nitrogen and oxygen atoms in total. The standard InChI is InChI=1S/C43H25N5OS/c1-4-13-26(14-5-1)40-44-37-31-19-10-11-22-35(31)50-39(37)38(45-40)32-20-12-21-33-36(32)30-24-23-29(25-34(30)49-33)43-47-41(27-15-6-2-7-16-27)46-42(48-43)28-17-8-3-9-18-28/h1-25H. The predicted molar refractivity (Wildman–Crippen MR) is 203 cm³/mol. The van der Waals surface area contributed by atoms with E-state index in [9.17, 15) is 0 Å². The Kier molecular flexibility index (Phi) is 6.57. The maximum Gasteiger partial charge on any atom is 0.164 e. The molecule has 10 rings (SSSR count). The van der Waals surface area contributed by atoms with Crippen molar-refractivity contribution in [3.63, 3.8) is 0 Å². The number of hydrogen-bond acceptors (Lipinski definition) is 7. The number of rotatable bonds is 5. The van der Waals surface area contributed by atoms with Crippen LogP contribution in [0.2, 0.25) is 0 Å². The second kappa shape index (κ2) is 11.5. The first-order valence-electron chi connectivity index (χ1n) is 16.3. The fraction of sp³-hybridized carbons (Fsp3) is 0. The van der Waals surface area contributed by atoms with Gasteiger partial charge in [0.05, 0.1) is 15.9 Å². The first-order valence-corrected chi connectivity index (χ1v) is 17.2. The van der Waals surface area contributed by atoms with E-state index < -0.39 is 0 Å². The van der Waals surface area contributed by atoms with E-state index in [1.807, 2.05) is 97.1 Å². The Morgan fingerprint density at radius 3 is 1.66 bits per heavy atom. The second-order valence-corrected chi connectivity index (χ2v) is 13.1. The van der Waals surface area contributed by atoms with Gasteiger partial charge in [-0.05, 0) is 24.3 Å². The van der Waals surface area contributed by atoms with E-state index in [1.165, 1.54) is 4.70 Å². The molecule has 10 aromatic rings. The average Bonchev–Trinajstić information content (AvgIpc) is 3.76. The Morgan fingerprint density at radius 2 is 1.00 bits per heavy atom. The van der Waals surface area contributed by atoms with Crippen molar-refractivity contribution in [3.05, 3.63) is 152 Å². The lowest BCUT2D eigenvalue weighted by Crippen LogP contribution is -2.00. The van der Waals surface area contributed by atoms with Crippen LogP contribution in [0.4, 0.5) is 0 Å². The topological polar surface area (TPSA) is 77.6 Å². The van der Waals surface area contributed by atoms with E-state index in [-0.39, 0.29) is 0 Å².